The first-order valence-corrected chi connectivity index (χ1v) is 5.88. The van der Waals surface area contributed by atoms with E-state index in [4.69, 9.17) is 19.7 Å². The van der Waals surface area contributed by atoms with Gasteiger partial charge in [0.25, 0.3) is 0 Å². The number of carbonyl (C=O) groups is 1. The first kappa shape index (κ1) is 14.7. The van der Waals surface area contributed by atoms with Crippen molar-refractivity contribution in [1.82, 2.24) is 5.43 Å². The molecule has 0 aliphatic carbocycles. The number of amides is 1. The van der Waals surface area contributed by atoms with Crippen LogP contribution in [0.2, 0.25) is 0 Å². The zero-order chi connectivity index (χ0) is 13.5. The fourth-order valence-corrected chi connectivity index (χ4v) is 1.41. The van der Waals surface area contributed by atoms with Crippen molar-refractivity contribution >= 4 is 5.91 Å². The van der Waals surface area contributed by atoms with Gasteiger partial charge in [-0.2, -0.15) is 0 Å². The summed E-state index contributed by atoms with van der Waals surface area (Å²) in [6.07, 6.45) is -0.00830. The van der Waals surface area contributed by atoms with Gasteiger partial charge in [0.15, 0.2) is 5.76 Å². The lowest BCUT2D eigenvalue weighted by Crippen LogP contribution is -2.29. The molecule has 0 radical (unpaired) electrons. The Hall–Kier alpha value is -1.37. The Morgan fingerprint density at radius 3 is 2.94 bits per heavy atom. The SMILES string of the molecule is CCOCC(C)OCc1cc(C(=O)NN)oc1C. The van der Waals surface area contributed by atoms with Crippen LogP contribution in [0.3, 0.4) is 0 Å². The van der Waals surface area contributed by atoms with Gasteiger partial charge in [-0.05, 0) is 26.8 Å². The second-order valence-corrected chi connectivity index (χ2v) is 3.95. The third kappa shape index (κ3) is 4.14. The summed E-state index contributed by atoms with van der Waals surface area (Å²) in [6.45, 7) is 7.23. The van der Waals surface area contributed by atoms with Crippen LogP contribution < -0.4 is 11.3 Å². The third-order valence-electron chi connectivity index (χ3n) is 2.46. The molecule has 0 fully saturated rings. The Kier molecular flexibility index (Phi) is 5.84. The summed E-state index contributed by atoms with van der Waals surface area (Å²) in [6, 6.07) is 1.63. The highest BCUT2D eigenvalue weighted by molar-refractivity contribution is 5.91. The van der Waals surface area contributed by atoms with Crippen molar-refractivity contribution in [3.8, 4) is 0 Å². The van der Waals surface area contributed by atoms with Crippen LogP contribution in [0.15, 0.2) is 10.5 Å². The van der Waals surface area contributed by atoms with Gasteiger partial charge < -0.3 is 13.9 Å². The van der Waals surface area contributed by atoms with Crippen molar-refractivity contribution in [2.75, 3.05) is 13.2 Å². The number of carbonyl (C=O) groups excluding carboxylic acids is 1. The standard InChI is InChI=1S/C12H20N2O4/c1-4-16-6-8(2)17-7-10-5-11(12(15)14-13)18-9(10)3/h5,8H,4,6-7,13H2,1-3H3,(H,14,15). The molecule has 1 amide bonds. The predicted molar refractivity (Wildman–Crippen MR) is 65.8 cm³/mol. The molecule has 1 atom stereocenters. The summed E-state index contributed by atoms with van der Waals surface area (Å²) in [4.78, 5) is 11.3. The Bertz CT molecular complexity index is 389. The van der Waals surface area contributed by atoms with Gasteiger partial charge in [-0.25, -0.2) is 5.84 Å². The van der Waals surface area contributed by atoms with Gasteiger partial charge >= 0.3 is 5.91 Å². The minimum Gasteiger partial charge on any atom is -0.456 e. The van der Waals surface area contributed by atoms with E-state index in [-0.39, 0.29) is 11.9 Å². The average Bonchev–Trinajstić information content (AvgIpc) is 2.74. The molecule has 1 aromatic rings. The van der Waals surface area contributed by atoms with Crippen LogP contribution in [-0.4, -0.2) is 25.2 Å². The highest BCUT2D eigenvalue weighted by Gasteiger charge is 2.14. The Morgan fingerprint density at radius 1 is 1.61 bits per heavy atom. The average molecular weight is 256 g/mol. The Balaban J connectivity index is 2.52. The topological polar surface area (TPSA) is 86.7 Å². The maximum atomic E-state index is 11.3. The molecule has 3 N–H and O–H groups in total. The lowest BCUT2D eigenvalue weighted by atomic mass is 10.2. The maximum Gasteiger partial charge on any atom is 0.300 e. The molecule has 1 heterocycles. The monoisotopic (exact) mass is 256 g/mol. The number of hydrogen-bond donors (Lipinski definition) is 2. The third-order valence-corrected chi connectivity index (χ3v) is 2.46. The summed E-state index contributed by atoms with van der Waals surface area (Å²) in [7, 11) is 0. The van der Waals surface area contributed by atoms with E-state index in [9.17, 15) is 4.79 Å². The fourth-order valence-electron chi connectivity index (χ4n) is 1.41. The molecule has 1 rings (SSSR count). The van der Waals surface area contributed by atoms with E-state index in [1.807, 2.05) is 19.3 Å². The van der Waals surface area contributed by atoms with Crippen LogP contribution in [0.5, 0.6) is 0 Å². The van der Waals surface area contributed by atoms with Crippen LogP contribution in [0.4, 0.5) is 0 Å². The molecular formula is C12H20N2O4. The van der Waals surface area contributed by atoms with Crippen molar-refractivity contribution in [2.45, 2.75) is 33.5 Å². The largest absolute Gasteiger partial charge is 0.456 e. The number of aryl methyl sites for hydroxylation is 1. The van der Waals surface area contributed by atoms with E-state index < -0.39 is 5.91 Å². The molecule has 6 nitrogen and oxygen atoms in total. The number of ether oxygens (including phenoxy) is 2. The first-order valence-electron chi connectivity index (χ1n) is 5.88. The van der Waals surface area contributed by atoms with Crippen molar-refractivity contribution < 1.29 is 18.7 Å². The van der Waals surface area contributed by atoms with Crippen LogP contribution in [0, 0.1) is 6.92 Å². The summed E-state index contributed by atoms with van der Waals surface area (Å²) in [5.74, 6) is 5.42. The molecule has 0 aliphatic rings. The molecule has 1 aromatic heterocycles. The molecular weight excluding hydrogens is 236 g/mol. The number of furan rings is 1. The van der Waals surface area contributed by atoms with Crippen LogP contribution >= 0.6 is 0 Å². The van der Waals surface area contributed by atoms with E-state index in [1.165, 1.54) is 0 Å². The minimum absolute atomic E-state index is 0.00830. The minimum atomic E-state index is -0.452. The Labute approximate surface area is 106 Å². The predicted octanol–water partition coefficient (Wildman–Crippen LogP) is 1.13. The zero-order valence-electron chi connectivity index (χ0n) is 11.0. The quantitative estimate of drug-likeness (QED) is 0.434. The van der Waals surface area contributed by atoms with Gasteiger partial charge in [0, 0.05) is 12.2 Å². The molecule has 1 unspecified atom stereocenters. The highest BCUT2D eigenvalue weighted by Crippen LogP contribution is 2.16. The van der Waals surface area contributed by atoms with Crippen LogP contribution in [0.1, 0.15) is 35.7 Å². The second kappa shape index (κ2) is 7.15. The van der Waals surface area contributed by atoms with Crippen molar-refractivity contribution in [2.24, 2.45) is 5.84 Å². The van der Waals surface area contributed by atoms with E-state index in [0.29, 0.717) is 25.6 Å². The molecule has 0 bridgehead atoms. The molecule has 6 heteroatoms. The van der Waals surface area contributed by atoms with Gasteiger partial charge in [-0.3, -0.25) is 10.2 Å². The second-order valence-electron chi connectivity index (χ2n) is 3.95. The zero-order valence-corrected chi connectivity index (χ0v) is 11.0. The number of nitrogens with two attached hydrogens (primary N) is 1. The van der Waals surface area contributed by atoms with E-state index in [1.54, 1.807) is 13.0 Å². The number of nitrogens with one attached hydrogen (secondary N) is 1. The molecule has 0 spiro atoms. The van der Waals surface area contributed by atoms with Gasteiger partial charge in [0.1, 0.15) is 5.76 Å². The lowest BCUT2D eigenvalue weighted by Gasteiger charge is -2.12. The number of nitrogen functional groups attached to an aromatic ring is 1. The summed E-state index contributed by atoms with van der Waals surface area (Å²) >= 11 is 0. The molecule has 0 aromatic carbocycles. The summed E-state index contributed by atoms with van der Waals surface area (Å²) in [5.41, 5.74) is 2.85. The van der Waals surface area contributed by atoms with Crippen LogP contribution in [-0.2, 0) is 16.1 Å². The lowest BCUT2D eigenvalue weighted by molar-refractivity contribution is -0.0120. The number of hydrogen-bond acceptors (Lipinski definition) is 5. The summed E-state index contributed by atoms with van der Waals surface area (Å²) in [5, 5.41) is 0. The van der Waals surface area contributed by atoms with Gasteiger partial charge in [0.05, 0.1) is 19.3 Å². The maximum absolute atomic E-state index is 11.3. The number of hydrazine groups is 1. The smallest absolute Gasteiger partial charge is 0.300 e. The fraction of sp³-hybridized carbons (Fsp3) is 0.583. The normalized spacial score (nSPS) is 12.4. The molecule has 0 saturated carbocycles. The van der Waals surface area contributed by atoms with Crippen molar-refractivity contribution in [1.29, 1.82) is 0 Å². The summed E-state index contributed by atoms with van der Waals surface area (Å²) < 4.78 is 16.1. The van der Waals surface area contributed by atoms with Crippen LogP contribution in [0.25, 0.3) is 0 Å². The highest BCUT2D eigenvalue weighted by atomic mass is 16.5. The van der Waals surface area contributed by atoms with Gasteiger partial charge in [-0.1, -0.05) is 0 Å². The Morgan fingerprint density at radius 2 is 2.33 bits per heavy atom. The molecule has 102 valence electrons. The van der Waals surface area contributed by atoms with Crippen molar-refractivity contribution in [3.63, 3.8) is 0 Å². The molecule has 0 aliphatic heterocycles. The van der Waals surface area contributed by atoms with E-state index >= 15 is 0 Å². The molecule has 0 saturated heterocycles. The van der Waals surface area contributed by atoms with Gasteiger partial charge in [0.2, 0.25) is 0 Å². The van der Waals surface area contributed by atoms with Gasteiger partial charge in [-0.15, -0.1) is 0 Å². The van der Waals surface area contributed by atoms with E-state index in [0.717, 1.165) is 5.56 Å². The van der Waals surface area contributed by atoms with Crippen molar-refractivity contribution in [3.05, 3.63) is 23.2 Å². The first-order chi connectivity index (χ1) is 8.58. The van der Waals surface area contributed by atoms with E-state index in [2.05, 4.69) is 0 Å². The number of rotatable bonds is 7. The molecule has 18 heavy (non-hydrogen) atoms.